The fourth-order valence-electron chi connectivity index (χ4n) is 5.00. The number of benzene rings is 2. The van der Waals surface area contributed by atoms with Crippen molar-refractivity contribution >= 4 is 0 Å². The number of aryl methyl sites for hydroxylation is 1. The van der Waals surface area contributed by atoms with Gasteiger partial charge in [0.15, 0.2) is 0 Å². The third kappa shape index (κ3) is 3.80. The molecule has 3 fully saturated rings. The lowest BCUT2D eigenvalue weighted by Crippen LogP contribution is -2.49. The first-order valence-corrected chi connectivity index (χ1v) is 9.79. The normalized spacial score (nSPS) is 26.5. The molecule has 2 nitrogen and oxygen atoms in total. The van der Waals surface area contributed by atoms with E-state index in [1.807, 2.05) is 6.07 Å². The number of hydrogen-bond acceptors (Lipinski definition) is 2. The molecule has 3 aliphatic rings. The Kier molecular flexibility index (Phi) is 5.19. The van der Waals surface area contributed by atoms with E-state index in [4.69, 9.17) is 0 Å². The van der Waals surface area contributed by atoms with Gasteiger partial charge in [-0.05, 0) is 73.2 Å². The number of piperidine rings is 3. The molecular formula is C23H29NO. The number of nitrogens with zero attached hydrogens (tertiary/aromatic N) is 1. The molecule has 25 heavy (non-hydrogen) atoms. The molecule has 3 aliphatic heterocycles. The Labute approximate surface area is 151 Å². The number of hydrogen-bond donors (Lipinski definition) is 1. The summed E-state index contributed by atoms with van der Waals surface area (Å²) in [6.45, 7) is 4.03. The largest absolute Gasteiger partial charge is 0.392 e. The standard InChI is InChI=1S/C23H29NO/c25-17-19-6-4-5-18(15-19)9-10-22(20-7-2-1-3-8-20)23-16-24-13-11-21(23)12-14-24/h1-8,15,21-23,25H,9-14,16-17H2. The van der Waals surface area contributed by atoms with Gasteiger partial charge in [-0.1, -0.05) is 54.6 Å². The fraction of sp³-hybridized carbons (Fsp3) is 0.478. The van der Waals surface area contributed by atoms with E-state index < -0.39 is 0 Å². The smallest absolute Gasteiger partial charge is 0.0681 e. The number of rotatable bonds is 6. The zero-order valence-corrected chi connectivity index (χ0v) is 15.0. The summed E-state index contributed by atoms with van der Waals surface area (Å²) >= 11 is 0. The van der Waals surface area contributed by atoms with Gasteiger partial charge in [-0.2, -0.15) is 0 Å². The maximum absolute atomic E-state index is 9.39. The first-order valence-electron chi connectivity index (χ1n) is 9.79. The minimum absolute atomic E-state index is 0.135. The zero-order valence-electron chi connectivity index (χ0n) is 15.0. The molecule has 0 aliphatic carbocycles. The summed E-state index contributed by atoms with van der Waals surface area (Å²) in [7, 11) is 0. The molecule has 0 spiro atoms. The van der Waals surface area contributed by atoms with E-state index in [9.17, 15) is 5.11 Å². The Morgan fingerprint density at radius 2 is 1.72 bits per heavy atom. The van der Waals surface area contributed by atoms with E-state index in [-0.39, 0.29) is 6.61 Å². The Balaban J connectivity index is 1.53. The molecule has 132 valence electrons. The maximum atomic E-state index is 9.39. The highest BCUT2D eigenvalue weighted by Crippen LogP contribution is 2.42. The highest BCUT2D eigenvalue weighted by atomic mass is 16.3. The second-order valence-corrected chi connectivity index (χ2v) is 7.84. The van der Waals surface area contributed by atoms with E-state index in [1.165, 1.54) is 50.0 Å². The van der Waals surface area contributed by atoms with Crippen LogP contribution in [0.15, 0.2) is 54.6 Å². The van der Waals surface area contributed by atoms with E-state index >= 15 is 0 Å². The minimum Gasteiger partial charge on any atom is -0.392 e. The lowest BCUT2D eigenvalue weighted by molar-refractivity contribution is 0.0349. The van der Waals surface area contributed by atoms with Crippen LogP contribution in [0, 0.1) is 11.8 Å². The zero-order chi connectivity index (χ0) is 17.1. The third-order valence-corrected chi connectivity index (χ3v) is 6.37. The van der Waals surface area contributed by atoms with Crippen molar-refractivity contribution in [2.45, 2.75) is 38.2 Å². The fourth-order valence-corrected chi connectivity index (χ4v) is 5.00. The van der Waals surface area contributed by atoms with E-state index in [1.54, 1.807) is 0 Å². The summed E-state index contributed by atoms with van der Waals surface area (Å²) in [5.74, 6) is 2.34. The lowest BCUT2D eigenvalue weighted by Gasteiger charge is -2.48. The predicted octanol–water partition coefficient (Wildman–Crippen LogP) is 4.24. The molecule has 0 saturated carbocycles. The van der Waals surface area contributed by atoms with Crippen molar-refractivity contribution in [2.75, 3.05) is 19.6 Å². The Morgan fingerprint density at radius 3 is 2.40 bits per heavy atom. The van der Waals surface area contributed by atoms with Crippen LogP contribution in [0.2, 0.25) is 0 Å². The molecule has 2 unspecified atom stereocenters. The topological polar surface area (TPSA) is 23.5 Å². The maximum Gasteiger partial charge on any atom is 0.0681 e. The summed E-state index contributed by atoms with van der Waals surface area (Å²) in [6, 6.07) is 19.6. The van der Waals surface area contributed by atoms with Gasteiger partial charge >= 0.3 is 0 Å². The highest BCUT2D eigenvalue weighted by molar-refractivity contribution is 5.25. The summed E-state index contributed by atoms with van der Waals surface area (Å²) < 4.78 is 0. The molecule has 3 saturated heterocycles. The lowest BCUT2D eigenvalue weighted by atomic mass is 9.69. The number of aliphatic hydroxyl groups is 1. The Bertz CT molecular complexity index is 676. The summed E-state index contributed by atoms with van der Waals surface area (Å²) in [5, 5.41) is 9.39. The average Bonchev–Trinajstić information content (AvgIpc) is 2.70. The van der Waals surface area contributed by atoms with E-state index in [0.29, 0.717) is 5.92 Å². The third-order valence-electron chi connectivity index (χ3n) is 6.37. The van der Waals surface area contributed by atoms with Gasteiger partial charge in [-0.25, -0.2) is 0 Å². The SMILES string of the molecule is OCc1cccc(CCC(c2ccccc2)C2CN3CCC2CC3)c1. The van der Waals surface area contributed by atoms with Crippen LogP contribution in [0.1, 0.15) is 41.9 Å². The molecule has 2 heteroatoms. The van der Waals surface area contributed by atoms with Crippen molar-refractivity contribution in [1.29, 1.82) is 0 Å². The van der Waals surface area contributed by atoms with Crippen molar-refractivity contribution < 1.29 is 5.11 Å². The molecule has 2 aromatic rings. The van der Waals surface area contributed by atoms with E-state index in [0.717, 1.165) is 23.8 Å². The van der Waals surface area contributed by atoms with Gasteiger partial charge in [0.05, 0.1) is 6.61 Å². The van der Waals surface area contributed by atoms with Crippen LogP contribution in [-0.4, -0.2) is 29.6 Å². The highest BCUT2D eigenvalue weighted by Gasteiger charge is 2.38. The van der Waals surface area contributed by atoms with Crippen molar-refractivity contribution in [1.82, 2.24) is 4.90 Å². The molecule has 0 amide bonds. The van der Waals surface area contributed by atoms with Crippen LogP contribution in [0.3, 0.4) is 0 Å². The molecule has 2 bridgehead atoms. The van der Waals surface area contributed by atoms with Crippen LogP contribution >= 0.6 is 0 Å². The van der Waals surface area contributed by atoms with Gasteiger partial charge in [0.1, 0.15) is 0 Å². The molecular weight excluding hydrogens is 306 g/mol. The van der Waals surface area contributed by atoms with Crippen LogP contribution < -0.4 is 0 Å². The number of aliphatic hydroxyl groups excluding tert-OH is 1. The van der Waals surface area contributed by atoms with Crippen molar-refractivity contribution in [2.24, 2.45) is 11.8 Å². The summed E-state index contributed by atoms with van der Waals surface area (Å²) in [5.41, 5.74) is 3.89. The van der Waals surface area contributed by atoms with Gasteiger partial charge in [0, 0.05) is 6.54 Å². The average molecular weight is 335 g/mol. The van der Waals surface area contributed by atoms with Crippen molar-refractivity contribution in [3.63, 3.8) is 0 Å². The second kappa shape index (κ2) is 7.72. The van der Waals surface area contributed by atoms with Gasteiger partial charge < -0.3 is 10.0 Å². The van der Waals surface area contributed by atoms with Crippen molar-refractivity contribution in [3.8, 4) is 0 Å². The molecule has 5 rings (SSSR count). The van der Waals surface area contributed by atoms with Gasteiger partial charge in [-0.15, -0.1) is 0 Å². The summed E-state index contributed by atoms with van der Waals surface area (Å²) in [6.07, 6.45) is 5.06. The quantitative estimate of drug-likeness (QED) is 0.853. The molecule has 0 radical (unpaired) electrons. The molecule has 0 aromatic heterocycles. The Morgan fingerprint density at radius 1 is 0.960 bits per heavy atom. The molecule has 3 heterocycles. The predicted molar refractivity (Wildman–Crippen MR) is 103 cm³/mol. The molecule has 2 aromatic carbocycles. The van der Waals surface area contributed by atoms with Crippen LogP contribution in [0.5, 0.6) is 0 Å². The first kappa shape index (κ1) is 16.8. The van der Waals surface area contributed by atoms with Crippen LogP contribution in [0.4, 0.5) is 0 Å². The Hall–Kier alpha value is -1.64. The summed E-state index contributed by atoms with van der Waals surface area (Å²) in [4.78, 5) is 2.67. The van der Waals surface area contributed by atoms with Gasteiger partial charge in [-0.3, -0.25) is 0 Å². The van der Waals surface area contributed by atoms with E-state index in [2.05, 4.69) is 53.4 Å². The molecule has 2 atom stereocenters. The van der Waals surface area contributed by atoms with Crippen LogP contribution in [0.25, 0.3) is 0 Å². The van der Waals surface area contributed by atoms with Gasteiger partial charge in [0.25, 0.3) is 0 Å². The first-order chi connectivity index (χ1) is 12.3. The monoisotopic (exact) mass is 335 g/mol. The van der Waals surface area contributed by atoms with Crippen molar-refractivity contribution in [3.05, 3.63) is 71.3 Å². The second-order valence-electron chi connectivity index (χ2n) is 7.84. The van der Waals surface area contributed by atoms with Crippen LogP contribution in [-0.2, 0) is 13.0 Å². The number of fused-ring (bicyclic) bond motifs is 3. The minimum atomic E-state index is 0.135. The van der Waals surface area contributed by atoms with Gasteiger partial charge in [0.2, 0.25) is 0 Å². The molecule has 1 N–H and O–H groups in total.